The van der Waals surface area contributed by atoms with Crippen molar-refractivity contribution in [2.24, 2.45) is 0 Å². The standard InChI is InChI=1S/C49H97NO11S/c1-3-5-7-9-11-13-15-17-19-21-22-23-25-27-29-31-33-35-37-39-45(53)50-42(41-59-49-47(55)48(61-62(56,57)58)46(54)44(40-51)60-49)43(52)38-36-34-32-30-28-26-24-20-18-16-14-12-10-8-6-4-2/h42-44,46-49,51-52,54-55H,3-41H2,1-2H3,(H,50,53)(H,56,57,58). The Bertz CT molecular complexity index is 1120. The lowest BCUT2D eigenvalue weighted by Gasteiger charge is -2.41. The largest absolute Gasteiger partial charge is 0.397 e. The number of ether oxygens (including phenoxy) is 2. The van der Waals surface area contributed by atoms with Gasteiger partial charge in [0.25, 0.3) is 0 Å². The Balaban J connectivity index is 2.41. The van der Waals surface area contributed by atoms with E-state index in [1.165, 1.54) is 173 Å². The Morgan fingerprint density at radius 1 is 0.581 bits per heavy atom. The van der Waals surface area contributed by atoms with Gasteiger partial charge in [-0.15, -0.1) is 0 Å². The summed E-state index contributed by atoms with van der Waals surface area (Å²) in [5, 5.41) is 45.0. The number of hydrogen-bond donors (Lipinski definition) is 6. The third-order valence-electron chi connectivity index (χ3n) is 12.7. The average molecular weight is 908 g/mol. The second-order valence-corrected chi connectivity index (χ2v) is 19.5. The molecule has 1 aliphatic heterocycles. The Labute approximate surface area is 379 Å². The minimum atomic E-state index is -5.07. The van der Waals surface area contributed by atoms with Gasteiger partial charge in [-0.3, -0.25) is 9.35 Å². The SMILES string of the molecule is CCCCCCCCCCCCCCCCCCCCCC(=O)NC(COC1OC(CO)C(O)C(OS(=O)(=O)O)C1O)C(O)CCCCCCCCCCCCCCCCCC. The molecule has 13 heteroatoms. The van der Waals surface area contributed by atoms with Crippen LogP contribution >= 0.6 is 0 Å². The molecule has 7 unspecified atom stereocenters. The molecule has 1 rings (SSSR count). The van der Waals surface area contributed by atoms with E-state index in [1.54, 1.807) is 0 Å². The van der Waals surface area contributed by atoms with Gasteiger partial charge < -0.3 is 35.2 Å². The van der Waals surface area contributed by atoms with Gasteiger partial charge in [0.1, 0.15) is 24.4 Å². The van der Waals surface area contributed by atoms with Crippen molar-refractivity contribution in [3.8, 4) is 0 Å². The summed E-state index contributed by atoms with van der Waals surface area (Å²) >= 11 is 0. The van der Waals surface area contributed by atoms with Gasteiger partial charge in [0, 0.05) is 6.42 Å². The Hall–Kier alpha value is -0.900. The molecule has 0 saturated carbocycles. The molecule has 12 nitrogen and oxygen atoms in total. The van der Waals surface area contributed by atoms with Crippen LogP contribution in [0.2, 0.25) is 0 Å². The van der Waals surface area contributed by atoms with Crippen LogP contribution in [0.5, 0.6) is 0 Å². The van der Waals surface area contributed by atoms with Crippen molar-refractivity contribution in [1.29, 1.82) is 0 Å². The van der Waals surface area contributed by atoms with Gasteiger partial charge in [0.05, 0.1) is 25.4 Å². The van der Waals surface area contributed by atoms with E-state index in [0.29, 0.717) is 12.8 Å². The van der Waals surface area contributed by atoms with Crippen molar-refractivity contribution >= 4 is 16.3 Å². The minimum Gasteiger partial charge on any atom is -0.394 e. The lowest BCUT2D eigenvalue weighted by atomic mass is 9.99. The highest BCUT2D eigenvalue weighted by molar-refractivity contribution is 7.80. The van der Waals surface area contributed by atoms with Crippen LogP contribution in [0.15, 0.2) is 0 Å². The summed E-state index contributed by atoms with van der Waals surface area (Å²) in [5.41, 5.74) is 0. The zero-order valence-corrected chi connectivity index (χ0v) is 40.5. The van der Waals surface area contributed by atoms with Crippen LogP contribution in [0.25, 0.3) is 0 Å². The minimum absolute atomic E-state index is 0.224. The van der Waals surface area contributed by atoms with E-state index in [0.717, 1.165) is 51.4 Å². The summed E-state index contributed by atoms with van der Waals surface area (Å²) in [6.07, 6.45) is 35.2. The van der Waals surface area contributed by atoms with Crippen LogP contribution in [0.4, 0.5) is 0 Å². The number of carbonyl (C=O) groups is 1. The highest BCUT2D eigenvalue weighted by atomic mass is 32.3. The molecule has 0 aromatic heterocycles. The first-order chi connectivity index (χ1) is 30.0. The van der Waals surface area contributed by atoms with Gasteiger partial charge in [0.2, 0.25) is 5.91 Å². The van der Waals surface area contributed by atoms with Crippen LogP contribution in [0, 0.1) is 0 Å². The van der Waals surface area contributed by atoms with Gasteiger partial charge >= 0.3 is 10.4 Å². The summed E-state index contributed by atoms with van der Waals surface area (Å²) in [7, 11) is -5.07. The lowest BCUT2D eigenvalue weighted by molar-refractivity contribution is -0.298. The molecule has 0 aromatic rings. The maximum atomic E-state index is 13.1. The predicted molar refractivity (Wildman–Crippen MR) is 250 cm³/mol. The number of nitrogens with one attached hydrogen (secondary N) is 1. The van der Waals surface area contributed by atoms with Crippen molar-refractivity contribution in [2.45, 2.75) is 294 Å². The van der Waals surface area contributed by atoms with E-state index >= 15 is 0 Å². The first kappa shape index (κ1) is 59.1. The van der Waals surface area contributed by atoms with Gasteiger partial charge in [0.15, 0.2) is 6.29 Å². The summed E-state index contributed by atoms with van der Waals surface area (Å²) in [6.45, 7) is 3.48. The molecule has 1 heterocycles. The summed E-state index contributed by atoms with van der Waals surface area (Å²) < 4.78 is 47.8. The van der Waals surface area contributed by atoms with Crippen LogP contribution < -0.4 is 5.32 Å². The monoisotopic (exact) mass is 908 g/mol. The molecule has 1 fully saturated rings. The molecule has 7 atom stereocenters. The third-order valence-corrected chi connectivity index (χ3v) is 13.1. The first-order valence-corrected chi connectivity index (χ1v) is 27.3. The van der Waals surface area contributed by atoms with E-state index in [4.69, 9.17) is 9.47 Å². The Kier molecular flexibility index (Phi) is 38.5. The smallest absolute Gasteiger partial charge is 0.394 e. The summed E-state index contributed by atoms with van der Waals surface area (Å²) in [6, 6.07) is -0.852. The van der Waals surface area contributed by atoms with Crippen LogP contribution in [0.3, 0.4) is 0 Å². The number of aliphatic hydroxyl groups is 4. The molecular weight excluding hydrogens is 811 g/mol. The molecule has 1 saturated heterocycles. The normalized spacial score (nSPS) is 20.4. The molecule has 0 spiro atoms. The topological polar surface area (TPSA) is 192 Å². The van der Waals surface area contributed by atoms with Gasteiger partial charge in [-0.1, -0.05) is 232 Å². The quantitative estimate of drug-likeness (QED) is 0.0252. The summed E-state index contributed by atoms with van der Waals surface area (Å²) in [4.78, 5) is 13.1. The lowest BCUT2D eigenvalue weighted by Crippen LogP contribution is -2.61. The Morgan fingerprint density at radius 2 is 0.935 bits per heavy atom. The molecule has 370 valence electrons. The molecule has 0 aromatic carbocycles. The molecule has 6 N–H and O–H groups in total. The number of hydrogen-bond acceptors (Lipinski definition) is 10. The molecule has 0 aliphatic carbocycles. The highest BCUT2D eigenvalue weighted by Crippen LogP contribution is 2.26. The molecule has 1 amide bonds. The molecule has 1 aliphatic rings. The van der Waals surface area contributed by atoms with Crippen molar-refractivity contribution < 1.29 is 51.8 Å². The maximum Gasteiger partial charge on any atom is 0.397 e. The molecular formula is C49H97NO11S. The van der Waals surface area contributed by atoms with Gasteiger partial charge in [-0.25, -0.2) is 4.18 Å². The molecule has 0 radical (unpaired) electrons. The predicted octanol–water partition coefficient (Wildman–Crippen LogP) is 10.9. The van der Waals surface area contributed by atoms with E-state index in [-0.39, 0.29) is 12.5 Å². The Morgan fingerprint density at radius 3 is 1.29 bits per heavy atom. The fraction of sp³-hybridized carbons (Fsp3) is 0.980. The van der Waals surface area contributed by atoms with Crippen molar-refractivity contribution in [1.82, 2.24) is 5.32 Å². The van der Waals surface area contributed by atoms with E-state index < -0.39 is 59.9 Å². The second-order valence-electron chi connectivity index (χ2n) is 18.5. The highest BCUT2D eigenvalue weighted by Gasteiger charge is 2.48. The summed E-state index contributed by atoms with van der Waals surface area (Å²) in [5.74, 6) is -0.224. The second kappa shape index (κ2) is 40.4. The van der Waals surface area contributed by atoms with E-state index in [2.05, 4.69) is 23.3 Å². The molecule has 0 bridgehead atoms. The number of unbranched alkanes of at least 4 members (excludes halogenated alkanes) is 33. The van der Waals surface area contributed by atoms with Crippen molar-refractivity contribution in [2.75, 3.05) is 13.2 Å². The van der Waals surface area contributed by atoms with Crippen LogP contribution in [-0.4, -0.2) is 95.4 Å². The number of rotatable bonds is 45. The fourth-order valence-corrected chi connectivity index (χ4v) is 9.15. The third kappa shape index (κ3) is 32.7. The molecule has 62 heavy (non-hydrogen) atoms. The average Bonchev–Trinajstić information content (AvgIpc) is 3.24. The maximum absolute atomic E-state index is 13.1. The van der Waals surface area contributed by atoms with E-state index in [1.807, 2.05) is 0 Å². The van der Waals surface area contributed by atoms with Gasteiger partial charge in [-0.05, 0) is 12.8 Å². The van der Waals surface area contributed by atoms with Crippen LogP contribution in [-0.2, 0) is 28.9 Å². The number of aliphatic hydroxyl groups excluding tert-OH is 4. The first-order valence-electron chi connectivity index (χ1n) is 25.9. The van der Waals surface area contributed by atoms with Crippen LogP contribution in [0.1, 0.15) is 251 Å². The number of amides is 1. The van der Waals surface area contributed by atoms with Crippen molar-refractivity contribution in [3.63, 3.8) is 0 Å². The van der Waals surface area contributed by atoms with E-state index in [9.17, 15) is 38.2 Å². The zero-order valence-electron chi connectivity index (χ0n) is 39.7. The zero-order chi connectivity index (χ0) is 45.5. The van der Waals surface area contributed by atoms with Gasteiger partial charge in [-0.2, -0.15) is 8.42 Å². The fourth-order valence-electron chi connectivity index (χ4n) is 8.64. The van der Waals surface area contributed by atoms with Crippen molar-refractivity contribution in [3.05, 3.63) is 0 Å². The number of carbonyl (C=O) groups excluding carboxylic acids is 1.